The van der Waals surface area contributed by atoms with Crippen molar-refractivity contribution in [2.24, 2.45) is 5.84 Å². The van der Waals surface area contributed by atoms with Gasteiger partial charge in [-0.1, -0.05) is 0 Å². The summed E-state index contributed by atoms with van der Waals surface area (Å²) in [4.78, 5) is 37.2. The molecular formula is C11H15N3O5. The first-order valence-electron chi connectivity index (χ1n) is 5.63. The Morgan fingerprint density at radius 1 is 1.21 bits per heavy atom. The van der Waals surface area contributed by atoms with Crippen molar-refractivity contribution in [3.8, 4) is 0 Å². The van der Waals surface area contributed by atoms with E-state index >= 15 is 0 Å². The van der Waals surface area contributed by atoms with Crippen LogP contribution in [0.4, 0.5) is 5.82 Å². The fourth-order valence-corrected chi connectivity index (χ4v) is 1.37. The summed E-state index contributed by atoms with van der Waals surface area (Å²) in [7, 11) is 0. The lowest BCUT2D eigenvalue weighted by Crippen LogP contribution is -2.25. The summed E-state index contributed by atoms with van der Waals surface area (Å²) in [5.41, 5.74) is 1.12. The first-order valence-corrected chi connectivity index (χ1v) is 5.63. The monoisotopic (exact) mass is 269 g/mol. The average Bonchev–Trinajstić information content (AvgIpc) is 2.38. The van der Waals surface area contributed by atoms with Gasteiger partial charge in [0.15, 0.2) is 0 Å². The van der Waals surface area contributed by atoms with Crippen molar-refractivity contribution in [1.82, 2.24) is 4.98 Å². The zero-order chi connectivity index (χ0) is 14.4. The highest BCUT2D eigenvalue weighted by Crippen LogP contribution is 2.12. The second kappa shape index (κ2) is 6.55. The number of anilines is 1. The average molecular weight is 269 g/mol. The number of esters is 2. The molecule has 0 amide bonds. The van der Waals surface area contributed by atoms with Gasteiger partial charge in [-0.05, 0) is 19.9 Å². The number of ether oxygens (including phenoxy) is 2. The molecule has 0 aromatic carbocycles. The molecule has 0 spiro atoms. The van der Waals surface area contributed by atoms with E-state index in [1.54, 1.807) is 13.8 Å². The zero-order valence-corrected chi connectivity index (χ0v) is 10.6. The molecule has 104 valence electrons. The Balaban J connectivity index is 3.29. The van der Waals surface area contributed by atoms with Gasteiger partial charge in [0.1, 0.15) is 16.9 Å². The van der Waals surface area contributed by atoms with Crippen LogP contribution in [0.5, 0.6) is 0 Å². The molecule has 19 heavy (non-hydrogen) atoms. The number of rotatable bonds is 5. The summed E-state index contributed by atoms with van der Waals surface area (Å²) >= 11 is 0. The number of nitrogen functional groups attached to an aromatic ring is 1. The van der Waals surface area contributed by atoms with Crippen molar-refractivity contribution < 1.29 is 19.1 Å². The summed E-state index contributed by atoms with van der Waals surface area (Å²) in [5, 5.41) is 0. The van der Waals surface area contributed by atoms with Crippen LogP contribution in [-0.4, -0.2) is 30.1 Å². The molecule has 1 aromatic rings. The highest BCUT2D eigenvalue weighted by atomic mass is 16.5. The van der Waals surface area contributed by atoms with Crippen molar-refractivity contribution in [1.29, 1.82) is 0 Å². The number of nitrogens with two attached hydrogens (primary N) is 1. The van der Waals surface area contributed by atoms with E-state index in [0.29, 0.717) is 0 Å². The van der Waals surface area contributed by atoms with Gasteiger partial charge in [-0.15, -0.1) is 0 Å². The highest BCUT2D eigenvalue weighted by Gasteiger charge is 2.20. The van der Waals surface area contributed by atoms with Gasteiger partial charge in [-0.2, -0.15) is 0 Å². The maximum atomic E-state index is 11.7. The normalized spacial score (nSPS) is 9.84. The maximum Gasteiger partial charge on any atom is 0.343 e. The minimum atomic E-state index is -0.821. The van der Waals surface area contributed by atoms with E-state index < -0.39 is 17.5 Å². The van der Waals surface area contributed by atoms with Gasteiger partial charge >= 0.3 is 11.9 Å². The summed E-state index contributed by atoms with van der Waals surface area (Å²) < 4.78 is 9.51. The van der Waals surface area contributed by atoms with E-state index in [1.807, 2.05) is 0 Å². The molecule has 0 fully saturated rings. The molecule has 0 aliphatic carbocycles. The van der Waals surface area contributed by atoms with E-state index in [4.69, 9.17) is 15.3 Å². The molecule has 0 bridgehead atoms. The molecule has 0 unspecified atom stereocenters. The topological polar surface area (TPSA) is 124 Å². The lowest BCUT2D eigenvalue weighted by molar-refractivity contribution is 0.0523. The van der Waals surface area contributed by atoms with Crippen LogP contribution < -0.4 is 16.8 Å². The number of hydrogen-bond acceptors (Lipinski definition) is 7. The van der Waals surface area contributed by atoms with E-state index in [9.17, 15) is 14.4 Å². The molecule has 1 rings (SSSR count). The van der Waals surface area contributed by atoms with Crippen molar-refractivity contribution in [3.63, 3.8) is 0 Å². The number of H-pyrrole nitrogens is 1. The second-order valence-electron chi connectivity index (χ2n) is 3.39. The van der Waals surface area contributed by atoms with Crippen LogP contribution in [0.1, 0.15) is 34.6 Å². The number of hydrogen-bond donors (Lipinski definition) is 3. The number of pyridine rings is 1. The Hall–Kier alpha value is -2.35. The Morgan fingerprint density at radius 3 is 2.21 bits per heavy atom. The molecule has 0 saturated heterocycles. The highest BCUT2D eigenvalue weighted by molar-refractivity contribution is 5.98. The number of hydrazine groups is 1. The Morgan fingerprint density at radius 2 is 1.74 bits per heavy atom. The van der Waals surface area contributed by atoms with E-state index in [1.165, 1.54) is 0 Å². The van der Waals surface area contributed by atoms with Crippen LogP contribution in [0.15, 0.2) is 10.9 Å². The van der Waals surface area contributed by atoms with Gasteiger partial charge in [0.05, 0.1) is 13.2 Å². The van der Waals surface area contributed by atoms with Crippen LogP contribution >= 0.6 is 0 Å². The Bertz CT molecular complexity index is 538. The first-order chi connectivity index (χ1) is 9.04. The largest absolute Gasteiger partial charge is 0.462 e. The van der Waals surface area contributed by atoms with Gasteiger partial charge in [0.2, 0.25) is 0 Å². The van der Waals surface area contributed by atoms with Gasteiger partial charge < -0.3 is 19.9 Å². The molecule has 0 atom stereocenters. The fraction of sp³-hybridized carbons (Fsp3) is 0.364. The van der Waals surface area contributed by atoms with E-state index in [2.05, 4.69) is 10.4 Å². The van der Waals surface area contributed by atoms with Crippen LogP contribution in [0.25, 0.3) is 0 Å². The Labute approximate surface area is 108 Å². The number of aromatic amines is 1. The molecule has 0 radical (unpaired) electrons. The molecule has 1 heterocycles. The summed E-state index contributed by atoms with van der Waals surface area (Å²) in [6, 6.07) is 1.09. The van der Waals surface area contributed by atoms with Gasteiger partial charge in [0, 0.05) is 0 Å². The van der Waals surface area contributed by atoms with E-state index in [-0.39, 0.29) is 30.2 Å². The third-order valence-corrected chi connectivity index (χ3v) is 2.18. The zero-order valence-electron chi connectivity index (χ0n) is 10.6. The molecule has 0 saturated carbocycles. The molecule has 1 aromatic heterocycles. The number of aromatic nitrogens is 1. The molecule has 8 nitrogen and oxygen atoms in total. The number of carbonyl (C=O) groups is 2. The molecular weight excluding hydrogens is 254 g/mol. The predicted molar refractivity (Wildman–Crippen MR) is 66.8 cm³/mol. The van der Waals surface area contributed by atoms with Crippen LogP contribution in [0.2, 0.25) is 0 Å². The second-order valence-corrected chi connectivity index (χ2v) is 3.39. The number of nitrogens with one attached hydrogen (secondary N) is 2. The minimum absolute atomic E-state index is 0.0310. The number of carbonyl (C=O) groups excluding carboxylic acids is 2. The summed E-state index contributed by atoms with van der Waals surface area (Å²) in [5.74, 6) is 3.63. The standard InChI is InChI=1S/C11H15N3O5/c1-3-18-10(16)6-5-7(11(17)19-4-2)9(15)13-8(6)14-12/h5H,3-4,12H2,1-2H3,(H2,13,14,15). The van der Waals surface area contributed by atoms with Crippen molar-refractivity contribution in [3.05, 3.63) is 27.5 Å². The molecule has 8 heteroatoms. The van der Waals surface area contributed by atoms with Crippen molar-refractivity contribution in [2.45, 2.75) is 13.8 Å². The van der Waals surface area contributed by atoms with Gasteiger partial charge in [-0.25, -0.2) is 15.4 Å². The van der Waals surface area contributed by atoms with Crippen molar-refractivity contribution in [2.75, 3.05) is 18.6 Å². The third kappa shape index (κ3) is 3.32. The van der Waals surface area contributed by atoms with Gasteiger partial charge in [0.25, 0.3) is 5.56 Å². The predicted octanol–water partition coefficient (Wildman–Crippen LogP) is 0.0139. The van der Waals surface area contributed by atoms with E-state index in [0.717, 1.165) is 6.07 Å². The molecule has 4 N–H and O–H groups in total. The smallest absolute Gasteiger partial charge is 0.343 e. The van der Waals surface area contributed by atoms with Crippen LogP contribution in [0, 0.1) is 0 Å². The first kappa shape index (κ1) is 14.7. The lowest BCUT2D eigenvalue weighted by atomic mass is 10.2. The minimum Gasteiger partial charge on any atom is -0.462 e. The lowest BCUT2D eigenvalue weighted by Gasteiger charge is -2.09. The quantitative estimate of drug-likeness (QED) is 0.391. The summed E-state index contributed by atoms with van der Waals surface area (Å²) in [6.07, 6.45) is 0. The maximum absolute atomic E-state index is 11.7. The van der Waals surface area contributed by atoms with Crippen LogP contribution in [0.3, 0.4) is 0 Å². The molecule has 0 aliphatic heterocycles. The van der Waals surface area contributed by atoms with Crippen molar-refractivity contribution >= 4 is 17.8 Å². The van der Waals surface area contributed by atoms with Gasteiger partial charge in [-0.3, -0.25) is 4.79 Å². The molecule has 0 aliphatic rings. The third-order valence-electron chi connectivity index (χ3n) is 2.18. The Kier molecular flexibility index (Phi) is 5.07. The summed E-state index contributed by atoms with van der Waals surface area (Å²) in [6.45, 7) is 3.50. The van der Waals surface area contributed by atoms with Crippen LogP contribution in [-0.2, 0) is 9.47 Å². The fourth-order valence-electron chi connectivity index (χ4n) is 1.37. The SMILES string of the molecule is CCOC(=O)c1cc(C(=O)OCC)c(=O)[nH]c1NN.